The molecule has 0 radical (unpaired) electrons. The normalized spacial score (nSPS) is 15.3. The van der Waals surface area contributed by atoms with Crippen LogP contribution in [0.4, 0.5) is 0 Å². The number of amides is 1. The summed E-state index contributed by atoms with van der Waals surface area (Å²) in [5.41, 5.74) is 2.13. The lowest BCUT2D eigenvalue weighted by Gasteiger charge is -2.31. The second kappa shape index (κ2) is 9.75. The minimum Gasteiger partial charge on any atom is -0.491 e. The Bertz CT molecular complexity index is 507. The van der Waals surface area contributed by atoms with Crippen molar-refractivity contribution in [2.24, 2.45) is 11.8 Å². The number of benzene rings is 1. The molecule has 1 fully saturated rings. The predicted octanol–water partition coefficient (Wildman–Crippen LogP) is 1.91. The molecular formula is C17H27ClN2O3. The van der Waals surface area contributed by atoms with Crippen LogP contribution in [0.3, 0.4) is 0 Å². The van der Waals surface area contributed by atoms with Crippen LogP contribution in [0.15, 0.2) is 18.2 Å². The monoisotopic (exact) mass is 342 g/mol. The Labute approximate surface area is 144 Å². The van der Waals surface area contributed by atoms with Gasteiger partial charge in [-0.15, -0.1) is 12.4 Å². The molecule has 0 bridgehead atoms. The third kappa shape index (κ3) is 5.68. The highest BCUT2D eigenvalue weighted by Gasteiger charge is 2.28. The molecule has 6 heteroatoms. The zero-order chi connectivity index (χ0) is 15.9. The molecule has 1 amide bonds. The second-order valence-electron chi connectivity index (χ2n) is 5.88. The first-order chi connectivity index (χ1) is 10.6. The molecule has 1 heterocycles. The van der Waals surface area contributed by atoms with Crippen LogP contribution < -0.4 is 15.4 Å². The van der Waals surface area contributed by atoms with Gasteiger partial charge in [0, 0.05) is 25.1 Å². The number of hydrogen-bond acceptors (Lipinski definition) is 4. The number of hydrogen-bond donors (Lipinski definition) is 2. The van der Waals surface area contributed by atoms with Gasteiger partial charge in [-0.3, -0.25) is 4.79 Å². The molecule has 1 unspecified atom stereocenters. The first kappa shape index (κ1) is 19.7. The van der Waals surface area contributed by atoms with E-state index in [1.54, 1.807) is 7.11 Å². The molecule has 1 atom stereocenters. The summed E-state index contributed by atoms with van der Waals surface area (Å²) in [5.74, 6) is 1.42. The number of carbonyl (C=O) groups excluding carboxylic acids is 1. The van der Waals surface area contributed by atoms with Gasteiger partial charge in [-0.05, 0) is 37.6 Å². The molecular weight excluding hydrogens is 316 g/mol. The number of aryl methyl sites for hydroxylation is 1. The van der Waals surface area contributed by atoms with Crippen molar-refractivity contribution >= 4 is 18.3 Å². The molecule has 2 N–H and O–H groups in total. The summed E-state index contributed by atoms with van der Waals surface area (Å²) in [7, 11) is 1.65. The largest absolute Gasteiger partial charge is 0.491 e. The summed E-state index contributed by atoms with van der Waals surface area (Å²) in [6, 6.07) is 6.04. The maximum Gasteiger partial charge on any atom is 0.223 e. The van der Waals surface area contributed by atoms with Crippen LogP contribution in [0.25, 0.3) is 0 Å². The highest BCUT2D eigenvalue weighted by molar-refractivity contribution is 5.85. The first-order valence-corrected chi connectivity index (χ1v) is 7.81. The lowest BCUT2D eigenvalue weighted by atomic mass is 9.88. The van der Waals surface area contributed by atoms with Crippen molar-refractivity contribution in [3.63, 3.8) is 0 Å². The van der Waals surface area contributed by atoms with Gasteiger partial charge in [0.25, 0.3) is 0 Å². The molecule has 2 rings (SSSR count). The summed E-state index contributed by atoms with van der Waals surface area (Å²) in [4.78, 5) is 12.2. The minimum absolute atomic E-state index is 0. The summed E-state index contributed by atoms with van der Waals surface area (Å²) < 4.78 is 10.8. The number of rotatable bonds is 8. The van der Waals surface area contributed by atoms with Gasteiger partial charge in [0.2, 0.25) is 5.91 Å². The van der Waals surface area contributed by atoms with E-state index in [2.05, 4.69) is 10.6 Å². The fraction of sp³-hybridized carbons (Fsp3) is 0.588. The highest BCUT2D eigenvalue weighted by atomic mass is 35.5. The lowest BCUT2D eigenvalue weighted by Crippen LogP contribution is -2.49. The van der Waals surface area contributed by atoms with E-state index in [1.807, 2.05) is 32.0 Å². The standard InChI is InChI=1S/C17H26N2O3.ClH/c1-12-4-5-14(16(8-12)22-7-6-21-3)11-19-17(20)13(2)15-9-18-10-15;/h4-5,8,13,15,18H,6-7,9-11H2,1-3H3,(H,19,20);1H. The van der Waals surface area contributed by atoms with Crippen molar-refractivity contribution in [1.29, 1.82) is 0 Å². The zero-order valence-electron chi connectivity index (χ0n) is 14.1. The molecule has 1 aromatic rings. The fourth-order valence-corrected chi connectivity index (χ4v) is 2.40. The van der Waals surface area contributed by atoms with E-state index in [4.69, 9.17) is 9.47 Å². The SMILES string of the molecule is COCCOc1cc(C)ccc1CNC(=O)C(C)C1CNC1.Cl. The quantitative estimate of drug-likeness (QED) is 0.709. The second-order valence-corrected chi connectivity index (χ2v) is 5.88. The molecule has 1 aliphatic heterocycles. The van der Waals surface area contributed by atoms with E-state index in [1.165, 1.54) is 0 Å². The fourth-order valence-electron chi connectivity index (χ4n) is 2.40. The Hall–Kier alpha value is -1.30. The van der Waals surface area contributed by atoms with Crippen LogP contribution in [-0.4, -0.2) is 39.3 Å². The summed E-state index contributed by atoms with van der Waals surface area (Å²) in [6.07, 6.45) is 0. The number of ether oxygens (including phenoxy) is 2. The van der Waals surface area contributed by atoms with Crippen molar-refractivity contribution in [3.05, 3.63) is 29.3 Å². The number of halogens is 1. The van der Waals surface area contributed by atoms with Gasteiger partial charge in [0.1, 0.15) is 12.4 Å². The molecule has 23 heavy (non-hydrogen) atoms. The smallest absolute Gasteiger partial charge is 0.223 e. The molecule has 0 saturated carbocycles. The van der Waals surface area contributed by atoms with Crippen LogP contribution in [0.1, 0.15) is 18.1 Å². The van der Waals surface area contributed by atoms with Gasteiger partial charge in [-0.25, -0.2) is 0 Å². The van der Waals surface area contributed by atoms with E-state index in [0.717, 1.165) is 30.0 Å². The van der Waals surface area contributed by atoms with Crippen molar-refractivity contribution in [3.8, 4) is 5.75 Å². The van der Waals surface area contributed by atoms with Crippen LogP contribution in [0.5, 0.6) is 5.75 Å². The topological polar surface area (TPSA) is 59.6 Å². The molecule has 130 valence electrons. The zero-order valence-corrected chi connectivity index (χ0v) is 14.9. The van der Waals surface area contributed by atoms with Gasteiger partial charge in [0.05, 0.1) is 6.61 Å². The Kier molecular flexibility index (Phi) is 8.37. The summed E-state index contributed by atoms with van der Waals surface area (Å²) in [6.45, 7) is 7.43. The maximum atomic E-state index is 12.2. The predicted molar refractivity (Wildman–Crippen MR) is 93.2 cm³/mol. The average molecular weight is 343 g/mol. The van der Waals surface area contributed by atoms with Crippen LogP contribution in [-0.2, 0) is 16.1 Å². The van der Waals surface area contributed by atoms with E-state index in [0.29, 0.717) is 25.7 Å². The maximum absolute atomic E-state index is 12.2. The van der Waals surface area contributed by atoms with Gasteiger partial charge < -0.3 is 20.1 Å². The lowest BCUT2D eigenvalue weighted by molar-refractivity contribution is -0.126. The highest BCUT2D eigenvalue weighted by Crippen LogP contribution is 2.21. The minimum atomic E-state index is 0. The molecule has 1 aromatic carbocycles. The van der Waals surface area contributed by atoms with E-state index < -0.39 is 0 Å². The van der Waals surface area contributed by atoms with Crippen molar-refractivity contribution < 1.29 is 14.3 Å². The first-order valence-electron chi connectivity index (χ1n) is 7.81. The van der Waals surface area contributed by atoms with Crippen LogP contribution in [0, 0.1) is 18.8 Å². The molecule has 0 aromatic heterocycles. The molecule has 0 aliphatic carbocycles. The van der Waals surface area contributed by atoms with Crippen molar-refractivity contribution in [2.45, 2.75) is 20.4 Å². The van der Waals surface area contributed by atoms with E-state index in [-0.39, 0.29) is 24.2 Å². The Morgan fingerprint density at radius 1 is 1.39 bits per heavy atom. The van der Waals surface area contributed by atoms with Crippen LogP contribution >= 0.6 is 12.4 Å². The van der Waals surface area contributed by atoms with Gasteiger partial charge in [-0.2, -0.15) is 0 Å². The molecule has 5 nitrogen and oxygen atoms in total. The van der Waals surface area contributed by atoms with Crippen molar-refractivity contribution in [2.75, 3.05) is 33.4 Å². The van der Waals surface area contributed by atoms with Crippen molar-refractivity contribution in [1.82, 2.24) is 10.6 Å². The van der Waals surface area contributed by atoms with Gasteiger partial charge in [-0.1, -0.05) is 19.1 Å². The summed E-state index contributed by atoms with van der Waals surface area (Å²) >= 11 is 0. The van der Waals surface area contributed by atoms with Gasteiger partial charge >= 0.3 is 0 Å². The average Bonchev–Trinajstić information content (AvgIpc) is 2.44. The molecule has 0 spiro atoms. The van der Waals surface area contributed by atoms with E-state index in [9.17, 15) is 4.79 Å². The van der Waals surface area contributed by atoms with E-state index >= 15 is 0 Å². The Morgan fingerprint density at radius 3 is 2.74 bits per heavy atom. The third-order valence-electron chi connectivity index (χ3n) is 4.15. The van der Waals surface area contributed by atoms with Gasteiger partial charge in [0.15, 0.2) is 0 Å². The Morgan fingerprint density at radius 2 is 2.13 bits per heavy atom. The van der Waals surface area contributed by atoms with Crippen LogP contribution in [0.2, 0.25) is 0 Å². The number of methoxy groups -OCH3 is 1. The molecule has 1 saturated heterocycles. The Balaban J connectivity index is 0.00000264. The molecule has 1 aliphatic rings. The number of carbonyl (C=O) groups is 1. The third-order valence-corrected chi connectivity index (χ3v) is 4.15. The summed E-state index contributed by atoms with van der Waals surface area (Å²) in [5, 5.41) is 6.22. The number of nitrogens with one attached hydrogen (secondary N) is 2.